The first-order valence-corrected chi connectivity index (χ1v) is 8.20. The lowest BCUT2D eigenvalue weighted by atomic mass is 9.99. The van der Waals surface area contributed by atoms with Gasteiger partial charge in [-0.05, 0) is 53.6 Å². The number of carbonyl (C=O) groups is 1. The summed E-state index contributed by atoms with van der Waals surface area (Å²) in [5.41, 5.74) is 2.37. The molecule has 0 unspecified atom stereocenters. The number of pyridine rings is 1. The molecule has 0 aliphatic heterocycles. The number of nitrogens with zero attached hydrogens (tertiary/aromatic N) is 1. The van der Waals surface area contributed by atoms with Crippen molar-refractivity contribution in [2.45, 2.75) is 6.04 Å². The number of ether oxygens (including phenoxy) is 2. The smallest absolute Gasteiger partial charge is 0.252 e. The van der Waals surface area contributed by atoms with Crippen molar-refractivity contribution in [2.75, 3.05) is 14.2 Å². The lowest BCUT2D eigenvalue weighted by Gasteiger charge is -2.20. The summed E-state index contributed by atoms with van der Waals surface area (Å²) < 4.78 is 10.5. The summed E-state index contributed by atoms with van der Waals surface area (Å²) in [6.45, 7) is 0. The second-order valence-electron chi connectivity index (χ2n) is 5.70. The lowest BCUT2D eigenvalue weighted by molar-refractivity contribution is 0.0943. The number of rotatable bonds is 6. The van der Waals surface area contributed by atoms with Crippen molar-refractivity contribution in [1.82, 2.24) is 10.3 Å². The van der Waals surface area contributed by atoms with Crippen LogP contribution in [0.2, 0.25) is 0 Å². The van der Waals surface area contributed by atoms with Crippen LogP contribution in [0, 0.1) is 0 Å². The highest BCUT2D eigenvalue weighted by Gasteiger charge is 2.18. The van der Waals surface area contributed by atoms with E-state index in [1.54, 1.807) is 50.9 Å². The van der Waals surface area contributed by atoms with E-state index in [1.165, 1.54) is 0 Å². The third kappa shape index (κ3) is 4.00. The second-order valence-corrected chi connectivity index (χ2v) is 5.70. The van der Waals surface area contributed by atoms with Crippen molar-refractivity contribution < 1.29 is 14.3 Å². The van der Waals surface area contributed by atoms with Crippen LogP contribution in [-0.2, 0) is 0 Å². The summed E-state index contributed by atoms with van der Waals surface area (Å²) in [6.07, 6.45) is 3.45. The quantitative estimate of drug-likeness (QED) is 0.739. The largest absolute Gasteiger partial charge is 0.497 e. The maximum Gasteiger partial charge on any atom is 0.252 e. The number of amides is 1. The average Bonchev–Trinajstić information content (AvgIpc) is 2.72. The Bertz CT molecular complexity index is 864. The molecule has 0 saturated heterocycles. The third-order valence-electron chi connectivity index (χ3n) is 4.07. The van der Waals surface area contributed by atoms with Crippen molar-refractivity contribution in [2.24, 2.45) is 0 Å². The molecule has 1 N–H and O–H groups in total. The Kier molecular flexibility index (Phi) is 5.49. The fourth-order valence-corrected chi connectivity index (χ4v) is 2.68. The lowest BCUT2D eigenvalue weighted by Crippen LogP contribution is -2.29. The topological polar surface area (TPSA) is 60.5 Å². The minimum Gasteiger partial charge on any atom is -0.497 e. The van der Waals surface area contributed by atoms with Gasteiger partial charge in [0.05, 0.1) is 20.3 Å². The minimum absolute atomic E-state index is 0.177. The van der Waals surface area contributed by atoms with Gasteiger partial charge in [-0.25, -0.2) is 0 Å². The van der Waals surface area contributed by atoms with E-state index in [4.69, 9.17) is 9.47 Å². The number of carbonyl (C=O) groups excluding carboxylic acids is 1. The Morgan fingerprint density at radius 1 is 0.923 bits per heavy atom. The molecule has 1 atom stereocenters. The molecule has 0 fully saturated rings. The van der Waals surface area contributed by atoms with E-state index in [2.05, 4.69) is 10.3 Å². The van der Waals surface area contributed by atoms with E-state index < -0.39 is 0 Å². The summed E-state index contributed by atoms with van der Waals surface area (Å²) in [7, 11) is 3.21. The zero-order valence-electron chi connectivity index (χ0n) is 14.7. The SMILES string of the molecule is COc1ccc(C(=O)N[C@H](c2cccnc2)c2cccc(OC)c2)cc1. The van der Waals surface area contributed by atoms with Gasteiger partial charge in [-0.3, -0.25) is 9.78 Å². The van der Waals surface area contributed by atoms with Crippen LogP contribution in [0.1, 0.15) is 27.5 Å². The number of aromatic nitrogens is 1. The Hall–Kier alpha value is -3.34. The van der Waals surface area contributed by atoms with Crippen LogP contribution in [0.4, 0.5) is 0 Å². The Labute approximate surface area is 152 Å². The number of methoxy groups -OCH3 is 2. The van der Waals surface area contributed by atoms with E-state index in [1.807, 2.05) is 36.4 Å². The van der Waals surface area contributed by atoms with Crippen molar-refractivity contribution in [3.63, 3.8) is 0 Å². The molecule has 132 valence electrons. The van der Waals surface area contributed by atoms with Crippen LogP contribution in [0.5, 0.6) is 11.5 Å². The highest BCUT2D eigenvalue weighted by molar-refractivity contribution is 5.94. The van der Waals surface area contributed by atoms with Gasteiger partial charge in [0.25, 0.3) is 5.91 Å². The molecule has 1 heterocycles. The summed E-state index contributed by atoms with van der Waals surface area (Å²) in [5.74, 6) is 1.26. The van der Waals surface area contributed by atoms with Crippen molar-refractivity contribution in [1.29, 1.82) is 0 Å². The maximum absolute atomic E-state index is 12.8. The molecule has 1 aromatic heterocycles. The predicted octanol–water partition coefficient (Wildman–Crippen LogP) is 3.62. The third-order valence-corrected chi connectivity index (χ3v) is 4.07. The Morgan fingerprint density at radius 3 is 2.31 bits per heavy atom. The first-order chi connectivity index (χ1) is 12.7. The first kappa shape index (κ1) is 17.5. The van der Waals surface area contributed by atoms with Crippen molar-refractivity contribution in [3.05, 3.63) is 89.7 Å². The summed E-state index contributed by atoms with van der Waals surface area (Å²) in [6, 6.07) is 18.1. The van der Waals surface area contributed by atoms with E-state index >= 15 is 0 Å². The molecular weight excluding hydrogens is 328 g/mol. The molecule has 0 aliphatic carbocycles. The van der Waals surface area contributed by atoms with Gasteiger partial charge in [-0.2, -0.15) is 0 Å². The zero-order valence-corrected chi connectivity index (χ0v) is 14.7. The Morgan fingerprint density at radius 2 is 1.65 bits per heavy atom. The van der Waals surface area contributed by atoms with Crippen LogP contribution in [0.3, 0.4) is 0 Å². The van der Waals surface area contributed by atoms with Crippen LogP contribution in [0.15, 0.2) is 73.1 Å². The Balaban J connectivity index is 1.91. The van der Waals surface area contributed by atoms with Crippen LogP contribution in [0.25, 0.3) is 0 Å². The monoisotopic (exact) mass is 348 g/mol. The average molecular weight is 348 g/mol. The molecule has 0 bridgehead atoms. The van der Waals surface area contributed by atoms with Gasteiger partial charge >= 0.3 is 0 Å². The second kappa shape index (κ2) is 8.16. The van der Waals surface area contributed by atoms with Gasteiger partial charge in [-0.1, -0.05) is 18.2 Å². The summed E-state index contributed by atoms with van der Waals surface area (Å²) in [5, 5.41) is 3.08. The first-order valence-electron chi connectivity index (χ1n) is 8.20. The molecule has 0 spiro atoms. The van der Waals surface area contributed by atoms with E-state index in [-0.39, 0.29) is 11.9 Å². The highest BCUT2D eigenvalue weighted by atomic mass is 16.5. The van der Waals surface area contributed by atoms with Crippen molar-refractivity contribution >= 4 is 5.91 Å². The molecule has 1 amide bonds. The van der Waals surface area contributed by atoms with Crippen LogP contribution < -0.4 is 14.8 Å². The van der Waals surface area contributed by atoms with Crippen LogP contribution >= 0.6 is 0 Å². The van der Waals surface area contributed by atoms with Crippen LogP contribution in [-0.4, -0.2) is 25.1 Å². The molecule has 5 nitrogen and oxygen atoms in total. The molecule has 3 rings (SSSR count). The molecule has 2 aromatic carbocycles. The van der Waals surface area contributed by atoms with Gasteiger partial charge in [0.1, 0.15) is 11.5 Å². The number of hydrogen-bond donors (Lipinski definition) is 1. The molecular formula is C21H20N2O3. The molecule has 5 heteroatoms. The standard InChI is InChI=1S/C21H20N2O3/c1-25-18-10-8-15(9-11-18)21(24)23-20(17-6-4-12-22-14-17)16-5-3-7-19(13-16)26-2/h3-14,20H,1-2H3,(H,23,24)/t20-/m0/s1. The molecule has 3 aromatic rings. The van der Waals surface area contributed by atoms with Gasteiger partial charge in [0.15, 0.2) is 0 Å². The van der Waals surface area contributed by atoms with Crippen molar-refractivity contribution in [3.8, 4) is 11.5 Å². The maximum atomic E-state index is 12.8. The zero-order chi connectivity index (χ0) is 18.4. The van der Waals surface area contributed by atoms with E-state index in [9.17, 15) is 4.79 Å². The van der Waals surface area contributed by atoms with E-state index in [0.29, 0.717) is 11.3 Å². The summed E-state index contributed by atoms with van der Waals surface area (Å²) in [4.78, 5) is 16.9. The summed E-state index contributed by atoms with van der Waals surface area (Å²) >= 11 is 0. The number of benzene rings is 2. The van der Waals surface area contributed by atoms with Gasteiger partial charge < -0.3 is 14.8 Å². The highest BCUT2D eigenvalue weighted by Crippen LogP contribution is 2.25. The van der Waals surface area contributed by atoms with Gasteiger partial charge in [-0.15, -0.1) is 0 Å². The van der Waals surface area contributed by atoms with E-state index in [0.717, 1.165) is 16.9 Å². The minimum atomic E-state index is -0.339. The number of hydrogen-bond acceptors (Lipinski definition) is 4. The number of nitrogens with one attached hydrogen (secondary N) is 1. The predicted molar refractivity (Wildman–Crippen MR) is 99.5 cm³/mol. The molecule has 0 saturated carbocycles. The molecule has 26 heavy (non-hydrogen) atoms. The van der Waals surface area contributed by atoms with Gasteiger partial charge in [0.2, 0.25) is 0 Å². The fourth-order valence-electron chi connectivity index (χ4n) is 2.68. The molecule has 0 radical (unpaired) electrons. The fraction of sp³-hybridized carbons (Fsp3) is 0.143. The normalized spacial score (nSPS) is 11.5. The van der Waals surface area contributed by atoms with Gasteiger partial charge in [0, 0.05) is 18.0 Å². The molecule has 0 aliphatic rings.